The Balaban J connectivity index is 2.28. The fraction of sp³-hybridized carbons (Fsp3) is 1.00. The highest BCUT2D eigenvalue weighted by Gasteiger charge is 2.49. The van der Waals surface area contributed by atoms with Crippen molar-refractivity contribution in [2.24, 2.45) is 11.8 Å². The highest BCUT2D eigenvalue weighted by atomic mass is 14.4. The quantitative estimate of drug-likeness (QED) is 0.568. The van der Waals surface area contributed by atoms with Crippen LogP contribution in [0.5, 0.6) is 0 Å². The smallest absolute Gasteiger partial charge is 0.0629 e. The van der Waals surface area contributed by atoms with Gasteiger partial charge in [-0.05, 0) is 11.8 Å². The molecule has 2 aliphatic heterocycles. The molecule has 1 radical (unpaired) electrons. The number of hydrogen-bond donors (Lipinski definition) is 0. The maximum atomic E-state index is 2.84. The topological polar surface area (TPSA) is 0 Å². The standard InChI is InChI=1S/C15H28B/c1-12(2)14-8-5-6-9-15(16-14,13(3)4)11-7-10-14/h12-13H,5-11H2,1-4H3. The predicted octanol–water partition coefficient (Wildman–Crippen LogP) is 5.08. The molecule has 2 aliphatic rings. The summed E-state index contributed by atoms with van der Waals surface area (Å²) in [5.41, 5.74) is 0. The minimum atomic E-state index is 0.582. The summed E-state index contributed by atoms with van der Waals surface area (Å²) >= 11 is 0. The van der Waals surface area contributed by atoms with Crippen LogP contribution in [0.4, 0.5) is 0 Å². The Hall–Kier alpha value is 0.0649. The Morgan fingerprint density at radius 2 is 1.06 bits per heavy atom. The number of hydrogen-bond acceptors (Lipinski definition) is 0. The number of rotatable bonds is 2. The average Bonchev–Trinajstić information content (AvgIpc) is 2.37. The van der Waals surface area contributed by atoms with E-state index in [4.69, 9.17) is 0 Å². The van der Waals surface area contributed by atoms with Crippen molar-refractivity contribution in [2.75, 3.05) is 0 Å². The normalized spacial score (nSPS) is 39.6. The minimum Gasteiger partial charge on any atom is -0.0629 e. The first-order valence-electron chi connectivity index (χ1n) is 7.38. The molecular formula is C15H28B. The van der Waals surface area contributed by atoms with Crippen LogP contribution in [-0.4, -0.2) is 7.28 Å². The lowest BCUT2D eigenvalue weighted by molar-refractivity contribution is 0.272. The highest BCUT2D eigenvalue weighted by molar-refractivity contribution is 6.45. The maximum absolute atomic E-state index is 2.84. The van der Waals surface area contributed by atoms with Crippen LogP contribution < -0.4 is 0 Å². The van der Waals surface area contributed by atoms with Crippen LogP contribution >= 0.6 is 0 Å². The van der Waals surface area contributed by atoms with Crippen molar-refractivity contribution in [1.29, 1.82) is 0 Å². The molecule has 1 heteroatoms. The van der Waals surface area contributed by atoms with E-state index in [0.29, 0.717) is 10.6 Å². The van der Waals surface area contributed by atoms with Crippen LogP contribution in [0.2, 0.25) is 10.6 Å². The van der Waals surface area contributed by atoms with Gasteiger partial charge in [0.25, 0.3) is 0 Å². The minimum absolute atomic E-state index is 0.582. The summed E-state index contributed by atoms with van der Waals surface area (Å²) in [4.78, 5) is 0. The molecule has 2 heterocycles. The van der Waals surface area contributed by atoms with Crippen molar-refractivity contribution < 1.29 is 0 Å². The van der Waals surface area contributed by atoms with Crippen LogP contribution in [0.15, 0.2) is 0 Å². The summed E-state index contributed by atoms with van der Waals surface area (Å²) in [7, 11) is 2.84. The molecule has 2 saturated heterocycles. The summed E-state index contributed by atoms with van der Waals surface area (Å²) in [6, 6.07) is 0. The third-order valence-corrected chi connectivity index (χ3v) is 5.69. The summed E-state index contributed by atoms with van der Waals surface area (Å²) in [6.07, 6.45) is 10.2. The fourth-order valence-electron chi connectivity index (χ4n) is 4.25. The second kappa shape index (κ2) is 4.39. The van der Waals surface area contributed by atoms with Gasteiger partial charge in [0.1, 0.15) is 7.28 Å². The Kier molecular flexibility index (Phi) is 3.43. The monoisotopic (exact) mass is 219 g/mol. The molecular weight excluding hydrogens is 191 g/mol. The molecule has 2 rings (SSSR count). The zero-order valence-corrected chi connectivity index (χ0v) is 11.7. The van der Waals surface area contributed by atoms with Crippen molar-refractivity contribution in [3.05, 3.63) is 0 Å². The Bertz CT molecular complexity index is 222. The summed E-state index contributed by atoms with van der Waals surface area (Å²) < 4.78 is 0. The Labute approximate surface area is 103 Å². The molecule has 2 atom stereocenters. The van der Waals surface area contributed by atoms with E-state index in [-0.39, 0.29) is 0 Å². The fourth-order valence-corrected chi connectivity index (χ4v) is 4.25. The van der Waals surface area contributed by atoms with E-state index in [2.05, 4.69) is 35.0 Å². The Morgan fingerprint density at radius 1 is 0.688 bits per heavy atom. The highest BCUT2D eigenvalue weighted by Crippen LogP contribution is 2.62. The van der Waals surface area contributed by atoms with E-state index < -0.39 is 0 Å². The van der Waals surface area contributed by atoms with Gasteiger partial charge in [0.05, 0.1) is 0 Å². The van der Waals surface area contributed by atoms with Crippen LogP contribution in [0.25, 0.3) is 0 Å². The van der Waals surface area contributed by atoms with Gasteiger partial charge < -0.3 is 0 Å². The van der Waals surface area contributed by atoms with Gasteiger partial charge >= 0.3 is 0 Å². The predicted molar refractivity (Wildman–Crippen MR) is 73.1 cm³/mol. The molecule has 2 fully saturated rings. The third kappa shape index (κ3) is 1.95. The molecule has 0 N–H and O–H groups in total. The second-order valence-electron chi connectivity index (χ2n) is 6.98. The molecule has 2 bridgehead atoms. The van der Waals surface area contributed by atoms with E-state index in [0.717, 1.165) is 11.8 Å². The largest absolute Gasteiger partial charge is 0.127 e. The first kappa shape index (κ1) is 12.5. The van der Waals surface area contributed by atoms with Crippen molar-refractivity contribution in [1.82, 2.24) is 0 Å². The first-order chi connectivity index (χ1) is 7.51. The Morgan fingerprint density at radius 3 is 1.44 bits per heavy atom. The molecule has 0 saturated carbocycles. The van der Waals surface area contributed by atoms with Crippen molar-refractivity contribution in [2.45, 2.75) is 83.3 Å². The lowest BCUT2D eigenvalue weighted by Gasteiger charge is -2.50. The van der Waals surface area contributed by atoms with Gasteiger partial charge in [-0.15, -0.1) is 0 Å². The average molecular weight is 219 g/mol. The van der Waals surface area contributed by atoms with Gasteiger partial charge in [0.15, 0.2) is 0 Å². The van der Waals surface area contributed by atoms with Crippen LogP contribution in [0.3, 0.4) is 0 Å². The van der Waals surface area contributed by atoms with Crippen LogP contribution in [0.1, 0.15) is 72.6 Å². The molecule has 0 spiro atoms. The van der Waals surface area contributed by atoms with E-state index in [9.17, 15) is 0 Å². The van der Waals surface area contributed by atoms with Crippen molar-refractivity contribution in [3.8, 4) is 0 Å². The molecule has 0 aromatic carbocycles. The van der Waals surface area contributed by atoms with Gasteiger partial charge in [-0.1, -0.05) is 83.3 Å². The van der Waals surface area contributed by atoms with Gasteiger partial charge in [-0.25, -0.2) is 0 Å². The summed E-state index contributed by atoms with van der Waals surface area (Å²) in [5.74, 6) is 1.67. The lowest BCUT2D eigenvalue weighted by atomic mass is 9.29. The van der Waals surface area contributed by atoms with Gasteiger partial charge in [0, 0.05) is 0 Å². The van der Waals surface area contributed by atoms with Crippen molar-refractivity contribution >= 4 is 7.28 Å². The van der Waals surface area contributed by atoms with Gasteiger partial charge in [-0.2, -0.15) is 0 Å². The molecule has 16 heavy (non-hydrogen) atoms. The molecule has 0 nitrogen and oxygen atoms in total. The molecule has 2 unspecified atom stereocenters. The van der Waals surface area contributed by atoms with E-state index >= 15 is 0 Å². The molecule has 0 amide bonds. The van der Waals surface area contributed by atoms with E-state index in [1.807, 2.05) is 0 Å². The first-order valence-corrected chi connectivity index (χ1v) is 7.38. The summed E-state index contributed by atoms with van der Waals surface area (Å²) in [6.45, 7) is 9.77. The lowest BCUT2D eigenvalue weighted by Crippen LogP contribution is -2.40. The second-order valence-corrected chi connectivity index (χ2v) is 6.98. The summed E-state index contributed by atoms with van der Waals surface area (Å²) in [5, 5.41) is 1.16. The molecule has 91 valence electrons. The van der Waals surface area contributed by atoms with Crippen LogP contribution in [-0.2, 0) is 0 Å². The molecule has 0 aromatic heterocycles. The van der Waals surface area contributed by atoms with Gasteiger partial charge in [0.2, 0.25) is 0 Å². The molecule has 0 aliphatic carbocycles. The van der Waals surface area contributed by atoms with Gasteiger partial charge in [-0.3, -0.25) is 0 Å². The SMILES string of the molecule is CC(C)C12[B]C(C(C)C)(CCCC1)CCC2. The third-order valence-electron chi connectivity index (χ3n) is 5.69. The molecule has 0 aromatic rings. The maximum Gasteiger partial charge on any atom is 0.127 e. The van der Waals surface area contributed by atoms with Crippen LogP contribution in [0, 0.1) is 11.8 Å². The zero-order chi connectivity index (χ0) is 11.8. The number of fused-ring (bicyclic) bond motifs is 2. The van der Waals surface area contributed by atoms with E-state index in [1.165, 1.54) is 44.9 Å². The van der Waals surface area contributed by atoms with Crippen molar-refractivity contribution in [3.63, 3.8) is 0 Å². The zero-order valence-electron chi connectivity index (χ0n) is 11.7. The van der Waals surface area contributed by atoms with E-state index in [1.54, 1.807) is 0 Å².